The van der Waals surface area contributed by atoms with Gasteiger partial charge in [-0.25, -0.2) is 0 Å². The molecule has 0 aliphatic rings. The Morgan fingerprint density at radius 2 is 2.15 bits per heavy atom. The third-order valence-corrected chi connectivity index (χ3v) is 2.19. The molecule has 0 fully saturated rings. The number of benzene rings is 1. The van der Waals surface area contributed by atoms with E-state index in [1.54, 1.807) is 7.11 Å². The van der Waals surface area contributed by atoms with Crippen molar-refractivity contribution >= 4 is 0 Å². The van der Waals surface area contributed by atoms with Crippen LogP contribution in [0.2, 0.25) is 0 Å². The minimum absolute atomic E-state index is 0.172. The molecule has 3 nitrogen and oxygen atoms in total. The molecule has 0 amide bonds. The number of aryl methyl sites for hydroxylation is 1. The van der Waals surface area contributed by atoms with Crippen LogP contribution in [0.15, 0.2) is 18.2 Å². The molecule has 0 saturated carbocycles. The predicted molar refractivity (Wildman–Crippen MR) is 53.5 cm³/mol. The highest BCUT2D eigenvalue weighted by molar-refractivity contribution is 5.36. The third kappa shape index (κ3) is 2.20. The second-order valence-electron chi connectivity index (χ2n) is 3.11. The first-order valence-electron chi connectivity index (χ1n) is 4.29. The maximum absolute atomic E-state index is 5.36. The van der Waals surface area contributed by atoms with Crippen LogP contribution in [0.5, 0.6) is 5.75 Å². The Morgan fingerprint density at radius 3 is 2.62 bits per heavy atom. The van der Waals surface area contributed by atoms with Gasteiger partial charge in [-0.05, 0) is 37.1 Å². The molecule has 1 unspecified atom stereocenters. The quantitative estimate of drug-likeness (QED) is 0.547. The summed E-state index contributed by atoms with van der Waals surface area (Å²) in [5.41, 5.74) is 5.10. The highest BCUT2D eigenvalue weighted by Crippen LogP contribution is 2.21. The topological polar surface area (TPSA) is 47.3 Å². The Bertz CT molecular complexity index is 286. The van der Waals surface area contributed by atoms with Crippen LogP contribution in [0, 0.1) is 6.92 Å². The summed E-state index contributed by atoms with van der Waals surface area (Å²) in [6.45, 7) is 4.07. The lowest BCUT2D eigenvalue weighted by Gasteiger charge is -2.14. The molecule has 0 aliphatic carbocycles. The summed E-state index contributed by atoms with van der Waals surface area (Å²) in [4.78, 5) is 0. The average Bonchev–Trinajstić information content (AvgIpc) is 2.16. The minimum atomic E-state index is 0.172. The lowest BCUT2D eigenvalue weighted by molar-refractivity contribution is 0.414. The van der Waals surface area contributed by atoms with Crippen molar-refractivity contribution in [2.24, 2.45) is 5.84 Å². The van der Waals surface area contributed by atoms with E-state index in [2.05, 4.69) is 5.43 Å². The van der Waals surface area contributed by atoms with Gasteiger partial charge in [-0.2, -0.15) is 0 Å². The van der Waals surface area contributed by atoms with Gasteiger partial charge in [0.1, 0.15) is 5.75 Å². The summed E-state index contributed by atoms with van der Waals surface area (Å²) < 4.78 is 5.11. The highest BCUT2D eigenvalue weighted by atomic mass is 16.5. The molecule has 0 saturated heterocycles. The first-order chi connectivity index (χ1) is 6.19. The van der Waals surface area contributed by atoms with Crippen LogP contribution < -0.4 is 16.0 Å². The molecule has 1 aromatic carbocycles. The van der Waals surface area contributed by atoms with Crippen LogP contribution in [-0.4, -0.2) is 7.11 Å². The summed E-state index contributed by atoms with van der Waals surface area (Å²) in [6.07, 6.45) is 0. The van der Waals surface area contributed by atoms with Gasteiger partial charge >= 0.3 is 0 Å². The Hall–Kier alpha value is -1.06. The van der Waals surface area contributed by atoms with Crippen molar-refractivity contribution in [3.05, 3.63) is 29.3 Å². The number of rotatable bonds is 3. The van der Waals surface area contributed by atoms with Gasteiger partial charge in [0, 0.05) is 6.04 Å². The van der Waals surface area contributed by atoms with Crippen LogP contribution >= 0.6 is 0 Å². The summed E-state index contributed by atoms with van der Waals surface area (Å²) in [5.74, 6) is 6.24. The van der Waals surface area contributed by atoms with Crippen LogP contribution in [0.25, 0.3) is 0 Å². The van der Waals surface area contributed by atoms with Gasteiger partial charge in [0.15, 0.2) is 0 Å². The van der Waals surface area contributed by atoms with Crippen LogP contribution in [0.3, 0.4) is 0 Å². The number of hydrogen-bond donors (Lipinski definition) is 2. The zero-order valence-electron chi connectivity index (χ0n) is 8.29. The summed E-state index contributed by atoms with van der Waals surface area (Å²) in [5, 5.41) is 0. The molecule has 0 aromatic heterocycles. The lowest BCUT2D eigenvalue weighted by Crippen LogP contribution is -2.26. The first kappa shape index (κ1) is 10.0. The zero-order chi connectivity index (χ0) is 9.84. The average molecular weight is 180 g/mol. The number of hydrazine groups is 1. The van der Waals surface area contributed by atoms with Gasteiger partial charge in [0.25, 0.3) is 0 Å². The van der Waals surface area contributed by atoms with Crippen molar-refractivity contribution in [2.75, 3.05) is 7.11 Å². The molecule has 3 N–H and O–H groups in total. The first-order valence-corrected chi connectivity index (χ1v) is 4.29. The van der Waals surface area contributed by atoms with Crippen molar-refractivity contribution in [1.82, 2.24) is 5.43 Å². The number of ether oxygens (including phenoxy) is 1. The van der Waals surface area contributed by atoms with E-state index in [1.807, 2.05) is 32.0 Å². The van der Waals surface area contributed by atoms with Crippen LogP contribution in [0.1, 0.15) is 24.1 Å². The molecule has 1 aromatic rings. The molecule has 0 aliphatic heterocycles. The fraction of sp³-hybridized carbons (Fsp3) is 0.400. The smallest absolute Gasteiger partial charge is 0.119 e. The molecule has 0 radical (unpaired) electrons. The molecule has 13 heavy (non-hydrogen) atoms. The molecule has 0 heterocycles. The third-order valence-electron chi connectivity index (χ3n) is 2.19. The Balaban J connectivity index is 2.98. The molecule has 72 valence electrons. The van der Waals surface area contributed by atoms with E-state index in [0.717, 1.165) is 5.75 Å². The van der Waals surface area contributed by atoms with Crippen molar-refractivity contribution in [2.45, 2.75) is 19.9 Å². The minimum Gasteiger partial charge on any atom is -0.497 e. The monoisotopic (exact) mass is 180 g/mol. The maximum atomic E-state index is 5.36. The molecular weight excluding hydrogens is 164 g/mol. The highest BCUT2D eigenvalue weighted by Gasteiger charge is 2.06. The summed E-state index contributed by atoms with van der Waals surface area (Å²) in [6, 6.07) is 6.14. The molecule has 0 spiro atoms. The normalized spacial score (nSPS) is 12.6. The number of nitrogens with one attached hydrogen (secondary N) is 1. The number of hydrogen-bond acceptors (Lipinski definition) is 3. The number of nitrogens with two attached hydrogens (primary N) is 1. The van der Waals surface area contributed by atoms with E-state index in [1.165, 1.54) is 11.1 Å². The second-order valence-corrected chi connectivity index (χ2v) is 3.11. The van der Waals surface area contributed by atoms with E-state index in [-0.39, 0.29) is 6.04 Å². The van der Waals surface area contributed by atoms with Crippen molar-refractivity contribution in [3.63, 3.8) is 0 Å². The van der Waals surface area contributed by atoms with E-state index in [0.29, 0.717) is 0 Å². The largest absolute Gasteiger partial charge is 0.497 e. The fourth-order valence-electron chi connectivity index (χ4n) is 1.35. The Kier molecular flexibility index (Phi) is 3.28. The van der Waals surface area contributed by atoms with E-state index in [9.17, 15) is 0 Å². The SMILES string of the molecule is COc1ccc(C(C)NN)c(C)c1. The Morgan fingerprint density at radius 1 is 1.46 bits per heavy atom. The van der Waals surface area contributed by atoms with Gasteiger partial charge < -0.3 is 4.74 Å². The van der Waals surface area contributed by atoms with Gasteiger partial charge in [-0.3, -0.25) is 11.3 Å². The molecule has 0 bridgehead atoms. The zero-order valence-corrected chi connectivity index (χ0v) is 8.29. The standard InChI is InChI=1S/C10H16N2O/c1-7-6-9(13-3)4-5-10(7)8(2)12-11/h4-6,8,12H,11H2,1-3H3. The molecule has 1 atom stereocenters. The van der Waals surface area contributed by atoms with Gasteiger partial charge in [-0.1, -0.05) is 6.07 Å². The predicted octanol–water partition coefficient (Wildman–Crippen LogP) is 1.53. The number of methoxy groups -OCH3 is 1. The van der Waals surface area contributed by atoms with Crippen LogP contribution in [-0.2, 0) is 0 Å². The second kappa shape index (κ2) is 4.25. The summed E-state index contributed by atoms with van der Waals surface area (Å²) in [7, 11) is 1.67. The Labute approximate surface area is 78.9 Å². The molecular formula is C10H16N2O. The van der Waals surface area contributed by atoms with Crippen LogP contribution in [0.4, 0.5) is 0 Å². The van der Waals surface area contributed by atoms with Crippen molar-refractivity contribution in [1.29, 1.82) is 0 Å². The van der Waals surface area contributed by atoms with Crippen molar-refractivity contribution < 1.29 is 4.74 Å². The molecule has 1 rings (SSSR count). The fourth-order valence-corrected chi connectivity index (χ4v) is 1.35. The lowest BCUT2D eigenvalue weighted by atomic mass is 10.0. The maximum Gasteiger partial charge on any atom is 0.119 e. The van der Waals surface area contributed by atoms with E-state index in [4.69, 9.17) is 10.6 Å². The summed E-state index contributed by atoms with van der Waals surface area (Å²) >= 11 is 0. The van der Waals surface area contributed by atoms with Gasteiger partial charge in [-0.15, -0.1) is 0 Å². The van der Waals surface area contributed by atoms with Crippen molar-refractivity contribution in [3.8, 4) is 5.75 Å². The molecule has 3 heteroatoms. The van der Waals surface area contributed by atoms with E-state index < -0.39 is 0 Å². The van der Waals surface area contributed by atoms with E-state index >= 15 is 0 Å². The van der Waals surface area contributed by atoms with Gasteiger partial charge in [0.05, 0.1) is 7.11 Å². The van der Waals surface area contributed by atoms with Gasteiger partial charge in [0.2, 0.25) is 0 Å².